The molecule has 150 valence electrons. The molecule has 0 bridgehead atoms. The normalized spacial score (nSPS) is 12.0. The second-order valence-electron chi connectivity index (χ2n) is 6.73. The number of nitrogens with one attached hydrogen (secondary N) is 1. The van der Waals surface area contributed by atoms with E-state index in [0.717, 1.165) is 38.3 Å². The molecule has 3 rings (SSSR count). The van der Waals surface area contributed by atoms with Gasteiger partial charge < -0.3 is 0 Å². The van der Waals surface area contributed by atoms with Crippen LogP contribution in [-0.2, 0) is 10.0 Å². The van der Waals surface area contributed by atoms with Crippen LogP contribution in [0, 0.1) is 27.7 Å². The standard InChI is InChI=1S/C19H23N3O3S3/c1-11-7-6-8-15(12(11)2)22-18(23)16-13(3)14(4)27-17(16)21-19(22)26-10-9-20-28(5,24)25/h6-8,20H,9-10H2,1-5H3. The van der Waals surface area contributed by atoms with E-state index in [-0.39, 0.29) is 12.1 Å². The van der Waals surface area contributed by atoms with E-state index in [0.29, 0.717) is 16.3 Å². The van der Waals surface area contributed by atoms with E-state index in [9.17, 15) is 13.2 Å². The molecule has 0 amide bonds. The number of rotatable bonds is 6. The van der Waals surface area contributed by atoms with Crippen LogP contribution in [0.2, 0.25) is 0 Å². The summed E-state index contributed by atoms with van der Waals surface area (Å²) < 4.78 is 26.7. The minimum absolute atomic E-state index is 0.0841. The van der Waals surface area contributed by atoms with Crippen LogP contribution in [0.15, 0.2) is 28.2 Å². The van der Waals surface area contributed by atoms with Crippen LogP contribution < -0.4 is 10.3 Å². The van der Waals surface area contributed by atoms with Crippen molar-refractivity contribution in [3.63, 3.8) is 0 Å². The van der Waals surface area contributed by atoms with E-state index in [1.165, 1.54) is 23.1 Å². The molecule has 2 heterocycles. The van der Waals surface area contributed by atoms with Crippen LogP contribution in [0.25, 0.3) is 15.9 Å². The monoisotopic (exact) mass is 437 g/mol. The Bertz CT molecular complexity index is 1210. The van der Waals surface area contributed by atoms with Gasteiger partial charge in [-0.2, -0.15) is 0 Å². The molecule has 0 saturated heterocycles. The van der Waals surface area contributed by atoms with Crippen molar-refractivity contribution in [2.45, 2.75) is 32.9 Å². The van der Waals surface area contributed by atoms with Crippen LogP contribution in [-0.4, -0.2) is 36.5 Å². The van der Waals surface area contributed by atoms with Crippen molar-refractivity contribution in [2.24, 2.45) is 0 Å². The summed E-state index contributed by atoms with van der Waals surface area (Å²) in [4.78, 5) is 20.0. The van der Waals surface area contributed by atoms with Gasteiger partial charge in [0.1, 0.15) is 4.83 Å². The fourth-order valence-electron chi connectivity index (χ4n) is 2.93. The summed E-state index contributed by atoms with van der Waals surface area (Å²) >= 11 is 2.89. The number of thioether (sulfide) groups is 1. The highest BCUT2D eigenvalue weighted by atomic mass is 32.2. The third-order valence-electron chi connectivity index (χ3n) is 4.69. The van der Waals surface area contributed by atoms with Gasteiger partial charge in [0.25, 0.3) is 5.56 Å². The van der Waals surface area contributed by atoms with Gasteiger partial charge in [0.15, 0.2) is 5.16 Å². The first kappa shape index (κ1) is 21.0. The molecule has 2 aromatic heterocycles. The molecule has 1 N–H and O–H groups in total. The summed E-state index contributed by atoms with van der Waals surface area (Å²) in [6.45, 7) is 8.22. The average molecular weight is 438 g/mol. The van der Waals surface area contributed by atoms with Gasteiger partial charge in [-0.15, -0.1) is 11.3 Å². The lowest BCUT2D eigenvalue weighted by atomic mass is 10.1. The number of nitrogens with zero attached hydrogens (tertiary/aromatic N) is 2. The molecular formula is C19H23N3O3S3. The molecule has 9 heteroatoms. The molecule has 0 radical (unpaired) electrons. The summed E-state index contributed by atoms with van der Waals surface area (Å²) in [7, 11) is -3.25. The first-order chi connectivity index (χ1) is 13.1. The zero-order chi connectivity index (χ0) is 20.6. The first-order valence-electron chi connectivity index (χ1n) is 8.77. The second-order valence-corrected chi connectivity index (χ2v) is 10.8. The van der Waals surface area contributed by atoms with E-state index in [4.69, 9.17) is 4.98 Å². The van der Waals surface area contributed by atoms with Gasteiger partial charge in [-0.3, -0.25) is 9.36 Å². The van der Waals surface area contributed by atoms with E-state index >= 15 is 0 Å². The highest BCUT2D eigenvalue weighted by Gasteiger charge is 2.19. The number of aromatic nitrogens is 2. The quantitative estimate of drug-likeness (QED) is 0.363. The Morgan fingerprint density at radius 3 is 2.57 bits per heavy atom. The van der Waals surface area contributed by atoms with Crippen molar-refractivity contribution in [3.05, 3.63) is 50.1 Å². The van der Waals surface area contributed by atoms with Gasteiger partial charge in [0.2, 0.25) is 10.0 Å². The summed E-state index contributed by atoms with van der Waals surface area (Å²) in [6, 6.07) is 5.86. The number of benzene rings is 1. The molecule has 0 aliphatic rings. The van der Waals surface area contributed by atoms with Gasteiger partial charge in [-0.1, -0.05) is 23.9 Å². The Balaban J connectivity index is 2.15. The molecule has 28 heavy (non-hydrogen) atoms. The molecular weight excluding hydrogens is 414 g/mol. The van der Waals surface area contributed by atoms with E-state index in [2.05, 4.69) is 4.72 Å². The number of hydrogen-bond donors (Lipinski definition) is 1. The smallest absolute Gasteiger partial charge is 0.267 e. The fraction of sp³-hybridized carbons (Fsp3) is 0.368. The Labute approximate surface area is 173 Å². The summed E-state index contributed by atoms with van der Waals surface area (Å²) in [5.41, 5.74) is 3.80. The van der Waals surface area contributed by atoms with Crippen LogP contribution >= 0.6 is 23.1 Å². The third kappa shape index (κ3) is 4.17. The summed E-state index contributed by atoms with van der Waals surface area (Å²) in [5, 5.41) is 1.23. The molecule has 0 atom stereocenters. The van der Waals surface area contributed by atoms with E-state index < -0.39 is 10.0 Å². The predicted molar refractivity (Wildman–Crippen MR) is 118 cm³/mol. The zero-order valence-corrected chi connectivity index (χ0v) is 18.9. The molecule has 0 unspecified atom stereocenters. The molecule has 0 fully saturated rings. The highest BCUT2D eigenvalue weighted by molar-refractivity contribution is 7.99. The molecule has 0 aliphatic carbocycles. The van der Waals surface area contributed by atoms with Gasteiger partial charge in [-0.25, -0.2) is 18.1 Å². The Hall–Kier alpha value is -1.68. The third-order valence-corrected chi connectivity index (χ3v) is 7.46. The van der Waals surface area contributed by atoms with Crippen molar-refractivity contribution >= 4 is 43.3 Å². The van der Waals surface area contributed by atoms with Crippen LogP contribution in [0.1, 0.15) is 21.6 Å². The average Bonchev–Trinajstić information content (AvgIpc) is 2.88. The lowest BCUT2D eigenvalue weighted by Gasteiger charge is -2.15. The number of aryl methyl sites for hydroxylation is 3. The maximum Gasteiger partial charge on any atom is 0.267 e. The fourth-order valence-corrected chi connectivity index (χ4v) is 5.46. The SMILES string of the molecule is Cc1cccc(-n2c(SCCNS(C)(=O)=O)nc3sc(C)c(C)c3c2=O)c1C. The zero-order valence-electron chi connectivity index (χ0n) is 16.5. The number of sulfonamides is 1. The predicted octanol–water partition coefficient (Wildman–Crippen LogP) is 3.32. The van der Waals surface area contributed by atoms with Gasteiger partial charge in [0, 0.05) is 17.2 Å². The van der Waals surface area contributed by atoms with Crippen molar-refractivity contribution in [3.8, 4) is 5.69 Å². The Morgan fingerprint density at radius 2 is 1.89 bits per heavy atom. The second kappa shape index (κ2) is 7.98. The molecule has 0 spiro atoms. The minimum Gasteiger partial charge on any atom is -0.268 e. The van der Waals surface area contributed by atoms with Gasteiger partial charge in [-0.05, 0) is 50.5 Å². The van der Waals surface area contributed by atoms with Gasteiger partial charge >= 0.3 is 0 Å². The highest BCUT2D eigenvalue weighted by Crippen LogP contribution is 2.30. The van der Waals surface area contributed by atoms with E-state index in [1.54, 1.807) is 4.57 Å². The Morgan fingerprint density at radius 1 is 1.18 bits per heavy atom. The van der Waals surface area contributed by atoms with Crippen molar-refractivity contribution in [1.82, 2.24) is 14.3 Å². The number of thiophene rings is 1. The molecule has 6 nitrogen and oxygen atoms in total. The van der Waals surface area contributed by atoms with Crippen LogP contribution in [0.3, 0.4) is 0 Å². The summed E-state index contributed by atoms with van der Waals surface area (Å²) in [5.74, 6) is 0.471. The lowest BCUT2D eigenvalue weighted by molar-refractivity contribution is 0.590. The Kier molecular flexibility index (Phi) is 6.00. The van der Waals surface area contributed by atoms with Crippen molar-refractivity contribution < 1.29 is 8.42 Å². The molecule has 0 saturated carbocycles. The minimum atomic E-state index is -3.25. The maximum absolute atomic E-state index is 13.4. The molecule has 1 aromatic carbocycles. The lowest BCUT2D eigenvalue weighted by Crippen LogP contribution is -2.25. The summed E-state index contributed by atoms with van der Waals surface area (Å²) in [6.07, 6.45) is 1.13. The number of fused-ring (bicyclic) bond motifs is 1. The van der Waals surface area contributed by atoms with Crippen molar-refractivity contribution in [2.75, 3.05) is 18.6 Å². The van der Waals surface area contributed by atoms with Crippen molar-refractivity contribution in [1.29, 1.82) is 0 Å². The molecule has 0 aliphatic heterocycles. The number of hydrogen-bond acceptors (Lipinski definition) is 6. The maximum atomic E-state index is 13.4. The topological polar surface area (TPSA) is 81.1 Å². The van der Waals surface area contributed by atoms with E-state index in [1.807, 2.05) is 45.9 Å². The largest absolute Gasteiger partial charge is 0.268 e. The first-order valence-corrected chi connectivity index (χ1v) is 12.5. The van der Waals surface area contributed by atoms with Crippen LogP contribution in [0.5, 0.6) is 0 Å². The van der Waals surface area contributed by atoms with Gasteiger partial charge in [0.05, 0.1) is 17.3 Å². The van der Waals surface area contributed by atoms with Crippen LogP contribution in [0.4, 0.5) is 0 Å². The molecule has 3 aromatic rings.